The Morgan fingerprint density at radius 2 is 2.20 bits per heavy atom. The first kappa shape index (κ1) is 14.3. The summed E-state index contributed by atoms with van der Waals surface area (Å²) in [6, 6.07) is 6.66. The number of amides is 1. The number of carboxylic acid groups (broad SMARTS) is 1. The molecule has 3 N–H and O–H groups in total. The lowest BCUT2D eigenvalue weighted by molar-refractivity contribution is -0.141. The van der Waals surface area contributed by atoms with E-state index in [2.05, 4.69) is 6.58 Å². The summed E-state index contributed by atoms with van der Waals surface area (Å²) in [7, 11) is 0. The third-order valence-electron chi connectivity index (χ3n) is 3.50. The van der Waals surface area contributed by atoms with E-state index in [9.17, 15) is 14.7 Å². The number of rotatable bonds is 4. The maximum atomic E-state index is 12.4. The van der Waals surface area contributed by atoms with Crippen LogP contribution in [0.2, 0.25) is 0 Å². The van der Waals surface area contributed by atoms with Gasteiger partial charge in [-0.25, -0.2) is 0 Å². The number of fused-ring (bicyclic) bond motifs is 1. The normalized spacial score (nSPS) is 19.1. The molecule has 1 heterocycles. The van der Waals surface area contributed by atoms with Crippen molar-refractivity contribution in [1.29, 1.82) is 0 Å². The molecular formula is C15H18N2O3. The first-order chi connectivity index (χ1) is 9.54. The highest BCUT2D eigenvalue weighted by atomic mass is 16.4. The minimum absolute atomic E-state index is 0.163. The smallest absolute Gasteiger partial charge is 0.308 e. The van der Waals surface area contributed by atoms with Gasteiger partial charge >= 0.3 is 5.97 Å². The fourth-order valence-corrected chi connectivity index (χ4v) is 2.45. The van der Waals surface area contributed by atoms with Gasteiger partial charge in [0.25, 0.3) is 0 Å². The lowest BCUT2D eigenvalue weighted by atomic mass is 9.92. The van der Waals surface area contributed by atoms with Gasteiger partial charge in [-0.3, -0.25) is 9.59 Å². The number of carboxylic acids is 1. The molecule has 0 fully saturated rings. The van der Waals surface area contributed by atoms with Crippen LogP contribution in [-0.2, 0) is 16.0 Å². The van der Waals surface area contributed by atoms with E-state index in [1.54, 1.807) is 6.08 Å². The summed E-state index contributed by atoms with van der Waals surface area (Å²) < 4.78 is 0. The van der Waals surface area contributed by atoms with Gasteiger partial charge in [0.2, 0.25) is 5.91 Å². The van der Waals surface area contributed by atoms with E-state index in [-0.39, 0.29) is 12.5 Å². The monoisotopic (exact) mass is 274 g/mol. The third-order valence-corrected chi connectivity index (χ3v) is 3.50. The molecule has 1 aliphatic rings. The van der Waals surface area contributed by atoms with Crippen molar-refractivity contribution in [3.05, 3.63) is 42.5 Å². The lowest BCUT2D eigenvalue weighted by Gasteiger charge is -2.34. The number of nitrogens with two attached hydrogens (primary N) is 1. The zero-order valence-corrected chi connectivity index (χ0v) is 11.2. The average Bonchev–Trinajstić information content (AvgIpc) is 2.45. The number of nitrogens with zero attached hydrogens (tertiary/aromatic N) is 1. The molecule has 5 heteroatoms. The van der Waals surface area contributed by atoms with E-state index in [4.69, 9.17) is 5.73 Å². The van der Waals surface area contributed by atoms with E-state index in [1.807, 2.05) is 24.3 Å². The Hall–Kier alpha value is -2.14. The summed E-state index contributed by atoms with van der Waals surface area (Å²) in [5, 5.41) is 9.22. The van der Waals surface area contributed by atoms with Gasteiger partial charge in [-0.05, 0) is 24.5 Å². The van der Waals surface area contributed by atoms with Crippen LogP contribution in [0.25, 0.3) is 0 Å². The van der Waals surface area contributed by atoms with Crippen LogP contribution >= 0.6 is 0 Å². The fourth-order valence-electron chi connectivity index (χ4n) is 2.45. The number of carbonyl (C=O) groups is 2. The highest BCUT2D eigenvalue weighted by Crippen LogP contribution is 2.30. The van der Waals surface area contributed by atoms with E-state index in [0.717, 1.165) is 11.3 Å². The molecule has 0 saturated carbocycles. The lowest BCUT2D eigenvalue weighted by Crippen LogP contribution is -2.49. The Bertz CT molecular complexity index is 542. The molecular weight excluding hydrogens is 256 g/mol. The molecule has 106 valence electrons. The van der Waals surface area contributed by atoms with Crippen LogP contribution in [0, 0.1) is 5.92 Å². The second kappa shape index (κ2) is 5.88. The Morgan fingerprint density at radius 3 is 2.85 bits per heavy atom. The molecule has 2 unspecified atom stereocenters. The van der Waals surface area contributed by atoms with Crippen molar-refractivity contribution in [2.45, 2.75) is 18.9 Å². The van der Waals surface area contributed by atoms with Crippen LogP contribution in [0.1, 0.15) is 12.0 Å². The quantitative estimate of drug-likeness (QED) is 0.808. The number of anilines is 1. The molecule has 1 aliphatic heterocycles. The highest BCUT2D eigenvalue weighted by molar-refractivity contribution is 5.99. The standard InChI is InChI=1S/C15H18N2O3/c1-2-5-12(16)14(18)17-9-11(15(19)20)8-10-6-3-4-7-13(10)17/h2-4,6-7,11-12H,1,5,8-9,16H2,(H,19,20). The van der Waals surface area contributed by atoms with Crippen LogP contribution in [0.5, 0.6) is 0 Å². The van der Waals surface area contributed by atoms with Gasteiger partial charge in [0, 0.05) is 12.2 Å². The zero-order valence-electron chi connectivity index (χ0n) is 11.2. The van der Waals surface area contributed by atoms with Crippen LogP contribution in [0.3, 0.4) is 0 Å². The summed E-state index contributed by atoms with van der Waals surface area (Å²) >= 11 is 0. The van der Waals surface area contributed by atoms with Gasteiger partial charge in [0.05, 0.1) is 12.0 Å². The number of para-hydroxylation sites is 1. The SMILES string of the molecule is C=CCC(N)C(=O)N1CC(C(=O)O)Cc2ccccc21. The number of hydrogen-bond acceptors (Lipinski definition) is 3. The van der Waals surface area contributed by atoms with E-state index in [0.29, 0.717) is 12.8 Å². The van der Waals surface area contributed by atoms with Crippen molar-refractivity contribution < 1.29 is 14.7 Å². The van der Waals surface area contributed by atoms with Gasteiger partial charge < -0.3 is 15.7 Å². The summed E-state index contributed by atoms with van der Waals surface area (Å²) in [5.41, 5.74) is 7.45. The number of hydrogen-bond donors (Lipinski definition) is 2. The molecule has 20 heavy (non-hydrogen) atoms. The van der Waals surface area contributed by atoms with E-state index >= 15 is 0 Å². The minimum Gasteiger partial charge on any atom is -0.481 e. The third kappa shape index (κ3) is 2.72. The van der Waals surface area contributed by atoms with Gasteiger partial charge in [-0.2, -0.15) is 0 Å². The Kier molecular flexibility index (Phi) is 4.20. The molecule has 0 aromatic heterocycles. The number of benzene rings is 1. The average molecular weight is 274 g/mol. The molecule has 0 aliphatic carbocycles. The van der Waals surface area contributed by atoms with E-state index in [1.165, 1.54) is 4.90 Å². The molecule has 0 saturated heterocycles. The van der Waals surface area contributed by atoms with Crippen molar-refractivity contribution in [2.24, 2.45) is 11.7 Å². The van der Waals surface area contributed by atoms with Gasteiger partial charge in [0.1, 0.15) is 0 Å². The first-order valence-electron chi connectivity index (χ1n) is 6.53. The molecule has 1 amide bonds. The molecule has 1 aromatic carbocycles. The van der Waals surface area contributed by atoms with E-state index < -0.39 is 17.9 Å². The van der Waals surface area contributed by atoms with Gasteiger partial charge in [-0.15, -0.1) is 6.58 Å². The van der Waals surface area contributed by atoms with Crippen molar-refractivity contribution in [3.63, 3.8) is 0 Å². The zero-order chi connectivity index (χ0) is 14.7. The van der Waals surface area contributed by atoms with Crippen molar-refractivity contribution in [2.75, 3.05) is 11.4 Å². The van der Waals surface area contributed by atoms with Crippen molar-refractivity contribution in [1.82, 2.24) is 0 Å². The topological polar surface area (TPSA) is 83.6 Å². The molecule has 0 spiro atoms. The predicted molar refractivity (Wildman–Crippen MR) is 76.4 cm³/mol. The van der Waals surface area contributed by atoms with Gasteiger partial charge in [0.15, 0.2) is 0 Å². The number of aliphatic carboxylic acids is 1. The van der Waals surface area contributed by atoms with Crippen LogP contribution in [0.15, 0.2) is 36.9 Å². The molecule has 2 rings (SSSR count). The second-order valence-electron chi connectivity index (χ2n) is 4.95. The fraction of sp³-hybridized carbons (Fsp3) is 0.333. The molecule has 5 nitrogen and oxygen atoms in total. The second-order valence-corrected chi connectivity index (χ2v) is 4.95. The Labute approximate surface area is 117 Å². The highest BCUT2D eigenvalue weighted by Gasteiger charge is 2.33. The predicted octanol–water partition coefficient (Wildman–Crippen LogP) is 1.18. The summed E-state index contributed by atoms with van der Waals surface area (Å²) in [4.78, 5) is 25.1. The summed E-state index contributed by atoms with van der Waals surface area (Å²) in [5.74, 6) is -1.75. The molecule has 0 radical (unpaired) electrons. The largest absolute Gasteiger partial charge is 0.481 e. The Morgan fingerprint density at radius 1 is 1.50 bits per heavy atom. The van der Waals surface area contributed by atoms with Crippen LogP contribution in [0.4, 0.5) is 5.69 Å². The molecule has 0 bridgehead atoms. The maximum Gasteiger partial charge on any atom is 0.308 e. The van der Waals surface area contributed by atoms with Crippen molar-refractivity contribution >= 4 is 17.6 Å². The van der Waals surface area contributed by atoms with Crippen LogP contribution < -0.4 is 10.6 Å². The molecule has 1 aromatic rings. The van der Waals surface area contributed by atoms with Crippen molar-refractivity contribution in [3.8, 4) is 0 Å². The first-order valence-corrected chi connectivity index (χ1v) is 6.53. The Balaban J connectivity index is 2.33. The number of carbonyl (C=O) groups excluding carboxylic acids is 1. The van der Waals surface area contributed by atoms with Gasteiger partial charge in [-0.1, -0.05) is 24.3 Å². The minimum atomic E-state index is -0.894. The summed E-state index contributed by atoms with van der Waals surface area (Å²) in [6.45, 7) is 3.73. The molecule has 2 atom stereocenters. The summed E-state index contributed by atoms with van der Waals surface area (Å²) in [6.07, 6.45) is 2.40. The van der Waals surface area contributed by atoms with Crippen LogP contribution in [-0.4, -0.2) is 29.6 Å². The maximum absolute atomic E-state index is 12.4.